The SMILES string of the molecule is COc1ccc(CN(C)C(=O)C(N)Cc2ccccc2)cc1C. The minimum absolute atomic E-state index is 0.0534. The lowest BCUT2D eigenvalue weighted by Crippen LogP contribution is -2.42. The summed E-state index contributed by atoms with van der Waals surface area (Å²) in [6, 6.07) is 15.2. The number of methoxy groups -OCH3 is 1. The lowest BCUT2D eigenvalue weighted by molar-refractivity contribution is -0.131. The van der Waals surface area contributed by atoms with Gasteiger partial charge < -0.3 is 15.4 Å². The zero-order valence-electron chi connectivity index (χ0n) is 14.0. The highest BCUT2D eigenvalue weighted by Crippen LogP contribution is 2.19. The van der Waals surface area contributed by atoms with Crippen LogP contribution in [0.3, 0.4) is 0 Å². The first-order chi connectivity index (χ1) is 11.0. The molecular formula is C19H24N2O2. The Bertz CT molecular complexity index is 656. The molecule has 4 heteroatoms. The lowest BCUT2D eigenvalue weighted by Gasteiger charge is -2.22. The number of aryl methyl sites for hydroxylation is 1. The Morgan fingerprint density at radius 2 is 1.87 bits per heavy atom. The number of ether oxygens (including phenoxy) is 1. The number of likely N-dealkylation sites (N-methyl/N-ethyl adjacent to an activating group) is 1. The van der Waals surface area contributed by atoms with Crippen LogP contribution in [-0.2, 0) is 17.8 Å². The second-order valence-electron chi connectivity index (χ2n) is 5.79. The van der Waals surface area contributed by atoms with Crippen molar-refractivity contribution in [2.45, 2.75) is 25.9 Å². The highest BCUT2D eigenvalue weighted by atomic mass is 16.5. The summed E-state index contributed by atoms with van der Waals surface area (Å²) in [5.41, 5.74) is 9.26. The molecule has 2 N–H and O–H groups in total. The van der Waals surface area contributed by atoms with E-state index in [4.69, 9.17) is 10.5 Å². The molecule has 0 fully saturated rings. The Hall–Kier alpha value is -2.33. The molecule has 0 saturated heterocycles. The molecule has 2 rings (SSSR count). The molecular weight excluding hydrogens is 288 g/mol. The van der Waals surface area contributed by atoms with Gasteiger partial charge in [0, 0.05) is 13.6 Å². The quantitative estimate of drug-likeness (QED) is 0.892. The Morgan fingerprint density at radius 3 is 2.48 bits per heavy atom. The molecule has 1 atom stereocenters. The van der Waals surface area contributed by atoms with E-state index in [9.17, 15) is 4.79 Å². The number of nitrogens with two attached hydrogens (primary N) is 1. The number of carbonyl (C=O) groups excluding carboxylic acids is 1. The van der Waals surface area contributed by atoms with Gasteiger partial charge in [-0.2, -0.15) is 0 Å². The molecule has 0 radical (unpaired) electrons. The first kappa shape index (κ1) is 17.0. The van der Waals surface area contributed by atoms with Crippen LogP contribution in [0.2, 0.25) is 0 Å². The van der Waals surface area contributed by atoms with Gasteiger partial charge in [0.05, 0.1) is 13.2 Å². The third kappa shape index (κ3) is 4.57. The smallest absolute Gasteiger partial charge is 0.239 e. The minimum Gasteiger partial charge on any atom is -0.496 e. The minimum atomic E-state index is -0.526. The zero-order valence-corrected chi connectivity index (χ0v) is 14.0. The average Bonchev–Trinajstić information content (AvgIpc) is 2.55. The van der Waals surface area contributed by atoms with E-state index in [1.807, 2.05) is 55.5 Å². The van der Waals surface area contributed by atoms with Crippen LogP contribution >= 0.6 is 0 Å². The van der Waals surface area contributed by atoms with E-state index in [0.29, 0.717) is 13.0 Å². The van der Waals surface area contributed by atoms with Gasteiger partial charge in [-0.3, -0.25) is 4.79 Å². The molecule has 0 bridgehead atoms. The predicted octanol–water partition coefficient (Wildman–Crippen LogP) is 2.53. The number of carbonyl (C=O) groups is 1. The number of hydrogen-bond donors (Lipinski definition) is 1. The van der Waals surface area contributed by atoms with Crippen molar-refractivity contribution < 1.29 is 9.53 Å². The van der Waals surface area contributed by atoms with E-state index in [2.05, 4.69) is 0 Å². The fourth-order valence-electron chi connectivity index (χ4n) is 2.63. The normalized spacial score (nSPS) is 11.8. The standard InChI is InChI=1S/C19H24N2O2/c1-14-11-16(9-10-18(14)23-3)13-21(2)19(22)17(20)12-15-7-5-4-6-8-15/h4-11,17H,12-13,20H2,1-3H3. The Morgan fingerprint density at radius 1 is 1.17 bits per heavy atom. The van der Waals surface area contributed by atoms with Crippen molar-refractivity contribution in [3.63, 3.8) is 0 Å². The van der Waals surface area contributed by atoms with Crippen LogP contribution in [-0.4, -0.2) is 31.0 Å². The van der Waals surface area contributed by atoms with Crippen LogP contribution in [0.25, 0.3) is 0 Å². The molecule has 0 spiro atoms. The Labute approximate surface area is 137 Å². The van der Waals surface area contributed by atoms with E-state index in [0.717, 1.165) is 22.4 Å². The fraction of sp³-hybridized carbons (Fsp3) is 0.316. The summed E-state index contributed by atoms with van der Waals surface area (Å²) in [5.74, 6) is 0.797. The summed E-state index contributed by atoms with van der Waals surface area (Å²) in [5, 5.41) is 0. The second kappa shape index (κ2) is 7.79. The largest absolute Gasteiger partial charge is 0.496 e. The number of rotatable bonds is 6. The van der Waals surface area contributed by atoms with Gasteiger partial charge in [0.2, 0.25) is 5.91 Å². The van der Waals surface area contributed by atoms with E-state index in [-0.39, 0.29) is 5.91 Å². The summed E-state index contributed by atoms with van der Waals surface area (Å²) in [4.78, 5) is 14.1. The molecule has 2 aromatic carbocycles. The van der Waals surface area contributed by atoms with Crippen LogP contribution in [0.5, 0.6) is 5.75 Å². The van der Waals surface area contributed by atoms with Gasteiger partial charge in [0.15, 0.2) is 0 Å². The molecule has 2 aromatic rings. The molecule has 0 aliphatic heterocycles. The highest BCUT2D eigenvalue weighted by molar-refractivity contribution is 5.81. The van der Waals surface area contributed by atoms with Gasteiger partial charge >= 0.3 is 0 Å². The third-order valence-corrected chi connectivity index (χ3v) is 3.87. The van der Waals surface area contributed by atoms with E-state index in [1.165, 1.54) is 0 Å². The maximum atomic E-state index is 12.4. The van der Waals surface area contributed by atoms with Crippen LogP contribution in [0.15, 0.2) is 48.5 Å². The van der Waals surface area contributed by atoms with Crippen LogP contribution < -0.4 is 10.5 Å². The average molecular weight is 312 g/mol. The third-order valence-electron chi connectivity index (χ3n) is 3.87. The molecule has 0 heterocycles. The van der Waals surface area contributed by atoms with Crippen molar-refractivity contribution in [2.75, 3.05) is 14.2 Å². The van der Waals surface area contributed by atoms with Gasteiger partial charge in [0.25, 0.3) is 0 Å². The predicted molar refractivity (Wildman–Crippen MR) is 92.3 cm³/mol. The van der Waals surface area contributed by atoms with Crippen molar-refractivity contribution in [3.8, 4) is 5.75 Å². The number of nitrogens with zero attached hydrogens (tertiary/aromatic N) is 1. The van der Waals surface area contributed by atoms with Crippen molar-refractivity contribution in [2.24, 2.45) is 5.73 Å². The Balaban J connectivity index is 1.98. The molecule has 1 amide bonds. The van der Waals surface area contributed by atoms with E-state index >= 15 is 0 Å². The summed E-state index contributed by atoms with van der Waals surface area (Å²) >= 11 is 0. The van der Waals surface area contributed by atoms with Crippen molar-refractivity contribution in [1.82, 2.24) is 4.90 Å². The van der Waals surface area contributed by atoms with Crippen molar-refractivity contribution in [1.29, 1.82) is 0 Å². The molecule has 0 saturated carbocycles. The Kier molecular flexibility index (Phi) is 5.77. The highest BCUT2D eigenvalue weighted by Gasteiger charge is 2.18. The van der Waals surface area contributed by atoms with Gasteiger partial charge in [-0.15, -0.1) is 0 Å². The molecule has 0 aromatic heterocycles. The second-order valence-corrected chi connectivity index (χ2v) is 5.79. The number of benzene rings is 2. The fourth-order valence-corrected chi connectivity index (χ4v) is 2.63. The van der Waals surface area contributed by atoms with Crippen LogP contribution in [0.1, 0.15) is 16.7 Å². The summed E-state index contributed by atoms with van der Waals surface area (Å²) in [7, 11) is 3.44. The molecule has 0 aliphatic rings. The molecule has 122 valence electrons. The zero-order chi connectivity index (χ0) is 16.8. The lowest BCUT2D eigenvalue weighted by atomic mass is 10.1. The maximum absolute atomic E-state index is 12.4. The van der Waals surface area contributed by atoms with Crippen molar-refractivity contribution in [3.05, 3.63) is 65.2 Å². The van der Waals surface area contributed by atoms with Gasteiger partial charge in [-0.25, -0.2) is 0 Å². The summed E-state index contributed by atoms with van der Waals surface area (Å²) < 4.78 is 5.26. The van der Waals surface area contributed by atoms with Gasteiger partial charge in [-0.05, 0) is 36.1 Å². The molecule has 0 aliphatic carbocycles. The molecule has 23 heavy (non-hydrogen) atoms. The number of amides is 1. The van der Waals surface area contributed by atoms with Gasteiger partial charge in [0.1, 0.15) is 5.75 Å². The number of hydrogen-bond acceptors (Lipinski definition) is 3. The molecule has 1 unspecified atom stereocenters. The summed E-state index contributed by atoms with van der Waals surface area (Å²) in [6.07, 6.45) is 0.547. The first-order valence-corrected chi connectivity index (χ1v) is 7.69. The van der Waals surface area contributed by atoms with E-state index in [1.54, 1.807) is 19.1 Å². The van der Waals surface area contributed by atoms with Crippen LogP contribution in [0, 0.1) is 6.92 Å². The van der Waals surface area contributed by atoms with Crippen molar-refractivity contribution >= 4 is 5.91 Å². The van der Waals surface area contributed by atoms with Crippen LogP contribution in [0.4, 0.5) is 0 Å². The van der Waals surface area contributed by atoms with E-state index < -0.39 is 6.04 Å². The first-order valence-electron chi connectivity index (χ1n) is 7.69. The maximum Gasteiger partial charge on any atom is 0.239 e. The monoisotopic (exact) mass is 312 g/mol. The summed E-state index contributed by atoms with van der Waals surface area (Å²) in [6.45, 7) is 2.53. The van der Waals surface area contributed by atoms with Gasteiger partial charge in [-0.1, -0.05) is 42.5 Å². The topological polar surface area (TPSA) is 55.6 Å². The molecule has 4 nitrogen and oxygen atoms in total.